The van der Waals surface area contributed by atoms with Crippen LogP contribution >= 0.6 is 0 Å². The Morgan fingerprint density at radius 1 is 0.938 bits per heavy atom. The molecule has 168 valence electrons. The van der Waals surface area contributed by atoms with Crippen molar-refractivity contribution in [1.29, 1.82) is 0 Å². The van der Waals surface area contributed by atoms with Crippen molar-refractivity contribution in [2.24, 2.45) is 0 Å². The first-order valence-electron chi connectivity index (χ1n) is 11.2. The summed E-state index contributed by atoms with van der Waals surface area (Å²) in [5.41, 5.74) is 5.97. The van der Waals surface area contributed by atoms with E-state index >= 15 is 0 Å². The number of carbonyl (C=O) groups is 1. The highest BCUT2D eigenvalue weighted by molar-refractivity contribution is 5.69. The maximum Gasteiger partial charge on any atom is 0.317 e. The molecule has 0 radical (unpaired) electrons. The average molecular weight is 432 g/mol. The fourth-order valence-electron chi connectivity index (χ4n) is 4.30. The van der Waals surface area contributed by atoms with Crippen molar-refractivity contribution >= 4 is 5.97 Å². The topological polar surface area (TPSA) is 49.8 Å². The molecule has 0 aliphatic rings. The van der Waals surface area contributed by atoms with Crippen molar-refractivity contribution in [3.05, 3.63) is 107 Å². The first-order chi connectivity index (χ1) is 15.5. The van der Waals surface area contributed by atoms with Crippen LogP contribution in [0.1, 0.15) is 40.7 Å². The van der Waals surface area contributed by atoms with Crippen LogP contribution in [-0.2, 0) is 22.6 Å². The number of aliphatic carboxylic acids is 1. The second kappa shape index (κ2) is 11.6. The molecule has 3 aromatic rings. The number of benzene rings is 3. The Hall–Kier alpha value is -2.95. The first kappa shape index (κ1) is 23.7. The van der Waals surface area contributed by atoms with Crippen molar-refractivity contribution in [2.75, 3.05) is 20.2 Å². The number of ether oxygens (including phenoxy) is 1. The molecule has 3 rings (SSSR count). The first-order valence-corrected chi connectivity index (χ1v) is 11.2. The van der Waals surface area contributed by atoms with Gasteiger partial charge in [0, 0.05) is 12.0 Å². The maximum atomic E-state index is 11.5. The van der Waals surface area contributed by atoms with Crippen molar-refractivity contribution in [3.63, 3.8) is 0 Å². The molecule has 4 nitrogen and oxygen atoms in total. The fourth-order valence-corrected chi connectivity index (χ4v) is 4.30. The molecule has 3 aromatic carbocycles. The smallest absolute Gasteiger partial charge is 0.317 e. The molecule has 0 amide bonds. The van der Waals surface area contributed by atoms with Gasteiger partial charge in [-0.3, -0.25) is 9.69 Å². The zero-order valence-corrected chi connectivity index (χ0v) is 19.2. The summed E-state index contributed by atoms with van der Waals surface area (Å²) in [7, 11) is 1.86. The van der Waals surface area contributed by atoms with E-state index in [9.17, 15) is 9.90 Å². The number of rotatable bonds is 11. The van der Waals surface area contributed by atoms with Gasteiger partial charge in [0.1, 0.15) is 0 Å². The van der Waals surface area contributed by atoms with Crippen LogP contribution in [0.2, 0.25) is 0 Å². The van der Waals surface area contributed by atoms with E-state index in [1.54, 1.807) is 0 Å². The minimum Gasteiger partial charge on any atom is -0.480 e. The number of nitrogens with zero attached hydrogens (tertiary/aromatic N) is 1. The van der Waals surface area contributed by atoms with Gasteiger partial charge < -0.3 is 9.84 Å². The Morgan fingerprint density at radius 3 is 2.03 bits per heavy atom. The predicted octanol–water partition coefficient (Wildman–Crippen LogP) is 5.29. The molecule has 0 bridgehead atoms. The summed E-state index contributed by atoms with van der Waals surface area (Å²) >= 11 is 0. The van der Waals surface area contributed by atoms with Crippen molar-refractivity contribution in [2.45, 2.75) is 38.8 Å². The Bertz CT molecular complexity index is 949. The molecule has 0 aromatic heterocycles. The molecule has 0 saturated heterocycles. The van der Waals surface area contributed by atoms with Gasteiger partial charge in [0.25, 0.3) is 0 Å². The molecule has 32 heavy (non-hydrogen) atoms. The van der Waals surface area contributed by atoms with Gasteiger partial charge >= 0.3 is 5.97 Å². The predicted molar refractivity (Wildman–Crippen MR) is 129 cm³/mol. The van der Waals surface area contributed by atoms with Gasteiger partial charge in [-0.25, -0.2) is 0 Å². The summed E-state index contributed by atoms with van der Waals surface area (Å²) in [4.78, 5) is 13.4. The van der Waals surface area contributed by atoms with Crippen molar-refractivity contribution in [3.8, 4) is 0 Å². The lowest BCUT2D eigenvalue weighted by Crippen LogP contribution is -2.43. The highest BCUT2D eigenvalue weighted by Crippen LogP contribution is 2.31. The van der Waals surface area contributed by atoms with E-state index in [1.165, 1.54) is 11.1 Å². The monoisotopic (exact) mass is 431 g/mol. The third-order valence-electron chi connectivity index (χ3n) is 5.82. The number of aryl methyl sites for hydroxylation is 2. The highest BCUT2D eigenvalue weighted by Gasteiger charge is 2.29. The minimum atomic E-state index is -0.844. The molecule has 4 heteroatoms. The van der Waals surface area contributed by atoms with Crippen LogP contribution < -0.4 is 0 Å². The van der Waals surface area contributed by atoms with Gasteiger partial charge in [-0.1, -0.05) is 91.3 Å². The molecule has 1 N–H and O–H groups in total. The van der Waals surface area contributed by atoms with Crippen LogP contribution in [0.15, 0.2) is 78.9 Å². The Balaban J connectivity index is 1.88. The lowest BCUT2D eigenvalue weighted by Gasteiger charge is -2.34. The number of likely N-dealkylation sites (N-methyl/N-ethyl adjacent to an activating group) is 1. The van der Waals surface area contributed by atoms with E-state index in [2.05, 4.69) is 56.3 Å². The number of carboxylic acids is 1. The summed E-state index contributed by atoms with van der Waals surface area (Å²) in [6.07, 6.45) is 0.989. The standard InChI is InChI=1S/C28H33NO3/c1-4-22-15-21(2)16-23(17-22)19-32-20-26(29(3)18-27(30)31)28(24-11-7-5-8-12-24)25-13-9-6-10-14-25/h5-17,26,28H,4,18-20H2,1-3H3,(H,30,31). The van der Waals surface area contributed by atoms with Gasteiger partial charge in [0.15, 0.2) is 0 Å². The Labute approximate surface area is 191 Å². The van der Waals surface area contributed by atoms with Crippen molar-refractivity contribution in [1.82, 2.24) is 4.90 Å². The van der Waals surface area contributed by atoms with Gasteiger partial charge in [-0.2, -0.15) is 0 Å². The van der Waals surface area contributed by atoms with Crippen LogP contribution in [-0.4, -0.2) is 42.2 Å². The molecule has 1 unspecified atom stereocenters. The zero-order valence-electron chi connectivity index (χ0n) is 19.2. The average Bonchev–Trinajstić information content (AvgIpc) is 2.79. The van der Waals surface area contributed by atoms with Gasteiger partial charge in [0.2, 0.25) is 0 Å². The molecule has 0 fully saturated rings. The zero-order chi connectivity index (χ0) is 22.9. The van der Waals surface area contributed by atoms with Gasteiger partial charge in [-0.05, 0) is 42.6 Å². The molecule has 0 spiro atoms. The molecule has 1 atom stereocenters. The number of carboxylic acid groups (broad SMARTS) is 1. The second-order valence-electron chi connectivity index (χ2n) is 8.37. The number of hydrogen-bond donors (Lipinski definition) is 1. The van der Waals surface area contributed by atoms with Gasteiger partial charge in [0.05, 0.1) is 19.8 Å². The van der Waals surface area contributed by atoms with Crippen LogP contribution in [0.3, 0.4) is 0 Å². The second-order valence-corrected chi connectivity index (χ2v) is 8.37. The van der Waals surface area contributed by atoms with Crippen LogP contribution in [0.4, 0.5) is 0 Å². The third kappa shape index (κ3) is 6.52. The maximum absolute atomic E-state index is 11.5. The van der Waals surface area contributed by atoms with E-state index in [4.69, 9.17) is 4.74 Å². The van der Waals surface area contributed by atoms with Crippen LogP contribution in [0.25, 0.3) is 0 Å². The lowest BCUT2D eigenvalue weighted by atomic mass is 9.84. The lowest BCUT2D eigenvalue weighted by molar-refractivity contribution is -0.138. The molecule has 0 heterocycles. The van der Waals surface area contributed by atoms with Crippen LogP contribution in [0, 0.1) is 6.92 Å². The summed E-state index contributed by atoms with van der Waals surface area (Å²) < 4.78 is 6.23. The molecular formula is C28H33NO3. The van der Waals surface area contributed by atoms with Crippen LogP contribution in [0.5, 0.6) is 0 Å². The molecular weight excluding hydrogens is 398 g/mol. The Kier molecular flexibility index (Phi) is 8.60. The minimum absolute atomic E-state index is 0.00883. The molecule has 0 aliphatic heterocycles. The van der Waals surface area contributed by atoms with E-state index < -0.39 is 5.97 Å². The summed E-state index contributed by atoms with van der Waals surface area (Å²) in [5.74, 6) is -0.853. The van der Waals surface area contributed by atoms with Gasteiger partial charge in [-0.15, -0.1) is 0 Å². The normalized spacial score (nSPS) is 12.3. The SMILES string of the molecule is CCc1cc(C)cc(COCC(C(c2ccccc2)c2ccccc2)N(C)CC(=O)O)c1. The quantitative estimate of drug-likeness (QED) is 0.448. The van der Waals surface area contributed by atoms with E-state index in [1.807, 2.05) is 48.3 Å². The van der Waals surface area contributed by atoms with Crippen molar-refractivity contribution < 1.29 is 14.6 Å². The van der Waals surface area contributed by atoms with E-state index in [-0.39, 0.29) is 18.5 Å². The van der Waals surface area contributed by atoms with E-state index in [0.29, 0.717) is 13.2 Å². The third-order valence-corrected chi connectivity index (χ3v) is 5.82. The summed E-state index contributed by atoms with van der Waals surface area (Å²) in [5, 5.41) is 9.46. The Morgan fingerprint density at radius 2 is 1.50 bits per heavy atom. The molecule has 0 saturated carbocycles. The summed E-state index contributed by atoms with van der Waals surface area (Å²) in [6, 6.07) is 26.9. The number of hydrogen-bond acceptors (Lipinski definition) is 3. The molecule has 0 aliphatic carbocycles. The van der Waals surface area contributed by atoms with E-state index in [0.717, 1.165) is 23.1 Å². The largest absolute Gasteiger partial charge is 0.480 e. The fraction of sp³-hybridized carbons (Fsp3) is 0.321. The summed E-state index contributed by atoms with van der Waals surface area (Å²) in [6.45, 7) is 5.14. The highest BCUT2D eigenvalue weighted by atomic mass is 16.5.